The molecule has 0 aliphatic carbocycles. The highest BCUT2D eigenvalue weighted by molar-refractivity contribution is 5.61. The zero-order valence-electron chi connectivity index (χ0n) is 10.7. The molecule has 90 valence electrons. The molecule has 0 saturated carbocycles. The first-order valence-electron chi connectivity index (χ1n) is 5.93. The average molecular weight is 230 g/mol. The van der Waals surface area contributed by atoms with Gasteiger partial charge >= 0.3 is 0 Å². The van der Waals surface area contributed by atoms with Crippen molar-refractivity contribution in [1.29, 1.82) is 5.26 Å². The summed E-state index contributed by atoms with van der Waals surface area (Å²) in [6.45, 7) is 7.94. The summed E-state index contributed by atoms with van der Waals surface area (Å²) in [6, 6.07) is 4.31. The number of nitrogens with zero attached hydrogens (tertiary/aromatic N) is 4. The lowest BCUT2D eigenvalue weighted by Gasteiger charge is -2.34. The van der Waals surface area contributed by atoms with Crippen LogP contribution in [0.4, 0.5) is 5.69 Å². The minimum atomic E-state index is 0.722. The Labute approximate surface area is 102 Å². The first-order chi connectivity index (χ1) is 8.11. The van der Waals surface area contributed by atoms with Crippen molar-refractivity contribution in [2.24, 2.45) is 0 Å². The maximum atomic E-state index is 9.25. The molecular weight excluding hydrogens is 212 g/mol. The molecule has 0 bridgehead atoms. The lowest BCUT2D eigenvalue weighted by molar-refractivity contribution is 0.312. The number of aromatic nitrogens is 1. The Morgan fingerprint density at radius 3 is 2.47 bits per heavy atom. The van der Waals surface area contributed by atoms with Crippen LogP contribution in [0.5, 0.6) is 0 Å². The molecule has 0 radical (unpaired) electrons. The number of rotatable bonds is 1. The number of likely N-dealkylation sites (N-methyl/N-ethyl adjacent to an activating group) is 1. The van der Waals surface area contributed by atoms with E-state index in [-0.39, 0.29) is 0 Å². The third-order valence-electron chi connectivity index (χ3n) is 3.26. The van der Waals surface area contributed by atoms with Crippen molar-refractivity contribution < 1.29 is 0 Å². The van der Waals surface area contributed by atoms with Crippen molar-refractivity contribution in [3.8, 4) is 6.07 Å². The zero-order valence-corrected chi connectivity index (χ0v) is 10.7. The predicted molar refractivity (Wildman–Crippen MR) is 68.1 cm³/mol. The van der Waals surface area contributed by atoms with Crippen LogP contribution in [0, 0.1) is 25.2 Å². The van der Waals surface area contributed by atoms with E-state index in [1.807, 2.05) is 19.9 Å². The lowest BCUT2D eigenvalue weighted by atomic mass is 10.1. The summed E-state index contributed by atoms with van der Waals surface area (Å²) in [6.07, 6.45) is 0. The standard InChI is InChI=1S/C13H18N4/c1-10-8-13(12(9-14)11(2)15-10)17-6-4-16(3)5-7-17/h8H,4-7H2,1-3H3. The van der Waals surface area contributed by atoms with E-state index in [0.717, 1.165) is 48.8 Å². The van der Waals surface area contributed by atoms with E-state index in [2.05, 4.69) is 27.9 Å². The normalized spacial score (nSPS) is 16.9. The summed E-state index contributed by atoms with van der Waals surface area (Å²) in [5.74, 6) is 0. The number of hydrogen-bond donors (Lipinski definition) is 0. The van der Waals surface area contributed by atoms with E-state index in [1.165, 1.54) is 0 Å². The number of nitriles is 1. The largest absolute Gasteiger partial charge is 0.368 e. The van der Waals surface area contributed by atoms with Gasteiger partial charge in [0.2, 0.25) is 0 Å². The van der Waals surface area contributed by atoms with Crippen LogP contribution in [0.2, 0.25) is 0 Å². The van der Waals surface area contributed by atoms with Gasteiger partial charge in [-0.25, -0.2) is 0 Å². The SMILES string of the molecule is Cc1cc(N2CCN(C)CC2)c(C#N)c(C)n1. The van der Waals surface area contributed by atoms with Crippen LogP contribution in [0.25, 0.3) is 0 Å². The molecule has 1 saturated heterocycles. The minimum absolute atomic E-state index is 0.722. The van der Waals surface area contributed by atoms with Gasteiger partial charge in [-0.3, -0.25) is 4.98 Å². The Bertz CT molecular complexity index is 453. The fourth-order valence-electron chi connectivity index (χ4n) is 2.24. The fourth-order valence-corrected chi connectivity index (χ4v) is 2.24. The van der Waals surface area contributed by atoms with Gasteiger partial charge < -0.3 is 9.80 Å². The highest BCUT2D eigenvalue weighted by Crippen LogP contribution is 2.24. The highest BCUT2D eigenvalue weighted by atomic mass is 15.2. The van der Waals surface area contributed by atoms with E-state index < -0.39 is 0 Å². The molecule has 1 aromatic rings. The summed E-state index contributed by atoms with van der Waals surface area (Å²) in [5.41, 5.74) is 3.59. The van der Waals surface area contributed by atoms with Gasteiger partial charge in [-0.1, -0.05) is 0 Å². The van der Waals surface area contributed by atoms with Gasteiger partial charge in [0.1, 0.15) is 6.07 Å². The smallest absolute Gasteiger partial charge is 0.103 e. The molecule has 17 heavy (non-hydrogen) atoms. The van der Waals surface area contributed by atoms with Crippen LogP contribution in [-0.2, 0) is 0 Å². The summed E-state index contributed by atoms with van der Waals surface area (Å²) in [4.78, 5) is 8.96. The molecule has 1 aromatic heterocycles. The topological polar surface area (TPSA) is 43.2 Å². The molecule has 1 aliphatic rings. The van der Waals surface area contributed by atoms with Crippen LogP contribution in [-0.4, -0.2) is 43.1 Å². The molecular formula is C13H18N4. The molecule has 4 nitrogen and oxygen atoms in total. The van der Waals surface area contributed by atoms with E-state index >= 15 is 0 Å². The zero-order chi connectivity index (χ0) is 12.4. The number of piperazine rings is 1. The van der Waals surface area contributed by atoms with Gasteiger partial charge in [0.25, 0.3) is 0 Å². The Morgan fingerprint density at radius 2 is 1.88 bits per heavy atom. The van der Waals surface area contributed by atoms with Crippen molar-refractivity contribution in [1.82, 2.24) is 9.88 Å². The van der Waals surface area contributed by atoms with E-state index in [4.69, 9.17) is 0 Å². The van der Waals surface area contributed by atoms with E-state index in [1.54, 1.807) is 0 Å². The molecule has 0 unspecified atom stereocenters. The predicted octanol–water partition coefficient (Wildman–Crippen LogP) is 1.32. The maximum Gasteiger partial charge on any atom is 0.103 e. The molecule has 2 heterocycles. The number of aryl methyl sites for hydroxylation is 2. The summed E-state index contributed by atoms with van der Waals surface area (Å²) in [7, 11) is 2.13. The third kappa shape index (κ3) is 2.40. The van der Waals surface area contributed by atoms with Crippen LogP contribution in [0.15, 0.2) is 6.07 Å². The minimum Gasteiger partial charge on any atom is -0.368 e. The van der Waals surface area contributed by atoms with Gasteiger partial charge in [-0.05, 0) is 27.0 Å². The maximum absolute atomic E-state index is 9.25. The quantitative estimate of drug-likeness (QED) is 0.730. The Balaban J connectivity index is 2.35. The third-order valence-corrected chi connectivity index (χ3v) is 3.26. The number of pyridine rings is 1. The monoisotopic (exact) mass is 230 g/mol. The molecule has 0 atom stereocenters. The highest BCUT2D eigenvalue weighted by Gasteiger charge is 2.18. The van der Waals surface area contributed by atoms with Gasteiger partial charge in [0.05, 0.1) is 16.9 Å². The molecule has 1 aliphatic heterocycles. The second-order valence-corrected chi connectivity index (χ2v) is 4.65. The van der Waals surface area contributed by atoms with Gasteiger partial charge in [0.15, 0.2) is 0 Å². The second kappa shape index (κ2) is 4.72. The molecule has 0 aromatic carbocycles. The number of anilines is 1. The van der Waals surface area contributed by atoms with Gasteiger partial charge in [-0.2, -0.15) is 5.26 Å². The van der Waals surface area contributed by atoms with Crippen molar-refractivity contribution >= 4 is 5.69 Å². The number of hydrogen-bond acceptors (Lipinski definition) is 4. The van der Waals surface area contributed by atoms with Crippen LogP contribution < -0.4 is 4.90 Å². The van der Waals surface area contributed by atoms with E-state index in [9.17, 15) is 5.26 Å². The van der Waals surface area contributed by atoms with Crippen molar-refractivity contribution in [2.45, 2.75) is 13.8 Å². The van der Waals surface area contributed by atoms with E-state index in [0.29, 0.717) is 0 Å². The van der Waals surface area contributed by atoms with Crippen LogP contribution >= 0.6 is 0 Å². The van der Waals surface area contributed by atoms with Crippen molar-refractivity contribution in [3.05, 3.63) is 23.0 Å². The first-order valence-corrected chi connectivity index (χ1v) is 5.93. The molecule has 4 heteroatoms. The lowest BCUT2D eigenvalue weighted by Crippen LogP contribution is -2.44. The molecule has 0 spiro atoms. The van der Waals surface area contributed by atoms with Crippen molar-refractivity contribution in [3.63, 3.8) is 0 Å². The molecule has 1 fully saturated rings. The Morgan fingerprint density at radius 1 is 1.24 bits per heavy atom. The summed E-state index contributed by atoms with van der Waals surface area (Å²) >= 11 is 0. The van der Waals surface area contributed by atoms with Gasteiger partial charge in [-0.15, -0.1) is 0 Å². The van der Waals surface area contributed by atoms with Crippen molar-refractivity contribution in [2.75, 3.05) is 38.1 Å². The Kier molecular flexibility index (Phi) is 3.30. The summed E-state index contributed by atoms with van der Waals surface area (Å²) < 4.78 is 0. The molecule has 0 amide bonds. The fraction of sp³-hybridized carbons (Fsp3) is 0.538. The first kappa shape index (κ1) is 11.9. The molecule has 0 N–H and O–H groups in total. The molecule has 2 rings (SSSR count). The Hall–Kier alpha value is -1.60. The van der Waals surface area contributed by atoms with Gasteiger partial charge in [0, 0.05) is 31.9 Å². The summed E-state index contributed by atoms with van der Waals surface area (Å²) in [5, 5.41) is 9.25. The second-order valence-electron chi connectivity index (χ2n) is 4.65. The average Bonchev–Trinajstić information content (AvgIpc) is 2.29. The van der Waals surface area contributed by atoms with Crippen LogP contribution in [0.3, 0.4) is 0 Å². The van der Waals surface area contributed by atoms with Crippen LogP contribution in [0.1, 0.15) is 17.0 Å².